The minimum absolute atomic E-state index is 0.0353. The van der Waals surface area contributed by atoms with Crippen molar-refractivity contribution >= 4 is 11.7 Å². The van der Waals surface area contributed by atoms with Gasteiger partial charge in [-0.3, -0.25) is 9.59 Å². The average molecular weight is 264 g/mol. The van der Waals surface area contributed by atoms with Crippen LogP contribution in [0.2, 0.25) is 0 Å². The van der Waals surface area contributed by atoms with Crippen LogP contribution in [0.25, 0.3) is 0 Å². The molecule has 0 bridgehead atoms. The summed E-state index contributed by atoms with van der Waals surface area (Å²) in [7, 11) is 0. The molecule has 0 saturated heterocycles. The van der Waals surface area contributed by atoms with Crippen molar-refractivity contribution in [3.05, 3.63) is 29.8 Å². The van der Waals surface area contributed by atoms with Gasteiger partial charge in [-0.1, -0.05) is 12.1 Å². The number of nitrogens with one attached hydrogen (secondary N) is 1. The summed E-state index contributed by atoms with van der Waals surface area (Å²) < 4.78 is 5.32. The Labute approximate surface area is 113 Å². The van der Waals surface area contributed by atoms with E-state index >= 15 is 0 Å². The van der Waals surface area contributed by atoms with E-state index in [2.05, 4.69) is 5.32 Å². The van der Waals surface area contributed by atoms with Gasteiger partial charge in [-0.2, -0.15) is 0 Å². The Bertz CT molecular complexity index is 444. The van der Waals surface area contributed by atoms with Gasteiger partial charge in [0.05, 0.1) is 0 Å². The first-order chi connectivity index (χ1) is 8.99. The quantitative estimate of drug-likeness (QED) is 0.723. The molecule has 1 unspecified atom stereocenters. The maximum atomic E-state index is 11.5. The second kappa shape index (κ2) is 7.53. The number of hydrogen-bond donors (Lipinski definition) is 2. The summed E-state index contributed by atoms with van der Waals surface area (Å²) in [6.07, 6.45) is 0.728. The van der Waals surface area contributed by atoms with Gasteiger partial charge in [0, 0.05) is 18.2 Å². The second-order valence-corrected chi connectivity index (χ2v) is 4.49. The molecule has 1 aromatic rings. The fraction of sp³-hybridized carbons (Fsp3) is 0.429. The summed E-state index contributed by atoms with van der Waals surface area (Å²) in [5, 5.41) is 2.71. The van der Waals surface area contributed by atoms with Crippen LogP contribution in [0.1, 0.15) is 30.6 Å². The fourth-order valence-corrected chi connectivity index (χ4v) is 1.44. The van der Waals surface area contributed by atoms with Gasteiger partial charge in [-0.15, -0.1) is 0 Å². The minimum Gasteiger partial charge on any atom is -0.484 e. The average Bonchev–Trinajstić information content (AvgIpc) is 2.36. The molecule has 104 valence electrons. The highest BCUT2D eigenvalue weighted by molar-refractivity contribution is 5.94. The number of amides is 1. The summed E-state index contributed by atoms with van der Waals surface area (Å²) >= 11 is 0. The molecule has 19 heavy (non-hydrogen) atoms. The molecule has 0 aliphatic carbocycles. The number of carbonyl (C=O) groups excluding carboxylic acids is 2. The van der Waals surface area contributed by atoms with Crippen molar-refractivity contribution in [3.63, 3.8) is 0 Å². The van der Waals surface area contributed by atoms with Gasteiger partial charge in [0.25, 0.3) is 5.91 Å². The summed E-state index contributed by atoms with van der Waals surface area (Å²) in [4.78, 5) is 22.7. The molecule has 1 aromatic carbocycles. The van der Waals surface area contributed by atoms with Crippen molar-refractivity contribution in [2.45, 2.75) is 26.3 Å². The number of benzene rings is 1. The lowest BCUT2D eigenvalue weighted by molar-refractivity contribution is -0.123. The lowest BCUT2D eigenvalue weighted by Crippen LogP contribution is -2.32. The third-order valence-electron chi connectivity index (χ3n) is 2.53. The van der Waals surface area contributed by atoms with Crippen LogP contribution < -0.4 is 15.8 Å². The van der Waals surface area contributed by atoms with E-state index in [1.54, 1.807) is 24.3 Å². The Morgan fingerprint density at radius 3 is 2.79 bits per heavy atom. The lowest BCUT2D eigenvalue weighted by Gasteiger charge is -2.09. The second-order valence-electron chi connectivity index (χ2n) is 4.49. The molecule has 3 N–H and O–H groups in total. The smallest absolute Gasteiger partial charge is 0.257 e. The van der Waals surface area contributed by atoms with Crippen molar-refractivity contribution in [1.82, 2.24) is 5.32 Å². The number of carbonyl (C=O) groups is 2. The first-order valence-corrected chi connectivity index (χ1v) is 6.25. The SMILES string of the molecule is CC(=O)c1cccc(OCC(=O)NCCC(C)N)c1. The largest absolute Gasteiger partial charge is 0.484 e. The number of Topliss-reactive ketones (excluding diaryl/α,β-unsaturated/α-hetero) is 1. The Morgan fingerprint density at radius 1 is 1.42 bits per heavy atom. The van der Waals surface area contributed by atoms with Crippen LogP contribution in [0.3, 0.4) is 0 Å². The number of nitrogens with two attached hydrogens (primary N) is 1. The zero-order valence-corrected chi connectivity index (χ0v) is 11.3. The van der Waals surface area contributed by atoms with E-state index in [1.165, 1.54) is 6.92 Å². The number of hydrogen-bond acceptors (Lipinski definition) is 4. The standard InChI is InChI=1S/C14H20N2O3/c1-10(15)6-7-16-14(18)9-19-13-5-3-4-12(8-13)11(2)17/h3-5,8,10H,6-7,9,15H2,1-2H3,(H,16,18). The third kappa shape index (κ3) is 6.01. The van der Waals surface area contributed by atoms with Crippen molar-refractivity contribution in [2.24, 2.45) is 5.73 Å². The Kier molecular flexibility index (Phi) is 6.02. The molecule has 1 amide bonds. The molecular formula is C14H20N2O3. The summed E-state index contributed by atoms with van der Waals surface area (Å²) in [5.41, 5.74) is 6.14. The molecule has 0 heterocycles. The normalized spacial score (nSPS) is 11.7. The van der Waals surface area contributed by atoms with Crippen molar-refractivity contribution in [2.75, 3.05) is 13.2 Å². The van der Waals surface area contributed by atoms with Crippen LogP contribution in [0.5, 0.6) is 5.75 Å². The molecule has 1 atom stereocenters. The van der Waals surface area contributed by atoms with Crippen molar-refractivity contribution in [1.29, 1.82) is 0 Å². The molecule has 0 radical (unpaired) electrons. The Hall–Kier alpha value is -1.88. The highest BCUT2D eigenvalue weighted by Gasteiger charge is 2.05. The highest BCUT2D eigenvalue weighted by Crippen LogP contribution is 2.13. The van der Waals surface area contributed by atoms with Crippen LogP contribution in [-0.4, -0.2) is 30.9 Å². The molecule has 0 aromatic heterocycles. The van der Waals surface area contributed by atoms with Gasteiger partial charge < -0.3 is 15.8 Å². The predicted octanol–water partition coefficient (Wildman–Crippen LogP) is 1.12. The molecule has 0 saturated carbocycles. The number of ether oxygens (including phenoxy) is 1. The molecule has 0 spiro atoms. The van der Waals surface area contributed by atoms with E-state index in [1.807, 2.05) is 6.92 Å². The number of rotatable bonds is 7. The van der Waals surface area contributed by atoms with Crippen LogP contribution >= 0.6 is 0 Å². The van der Waals surface area contributed by atoms with Crippen LogP contribution in [0.4, 0.5) is 0 Å². The van der Waals surface area contributed by atoms with E-state index in [0.29, 0.717) is 17.9 Å². The minimum atomic E-state index is -0.200. The molecule has 0 aliphatic rings. The monoisotopic (exact) mass is 264 g/mol. The van der Waals surface area contributed by atoms with E-state index < -0.39 is 0 Å². The molecule has 0 fully saturated rings. The summed E-state index contributed by atoms with van der Waals surface area (Å²) in [6, 6.07) is 6.82. The van der Waals surface area contributed by atoms with E-state index in [0.717, 1.165) is 6.42 Å². The zero-order valence-electron chi connectivity index (χ0n) is 11.3. The number of ketones is 1. The van der Waals surface area contributed by atoms with Crippen LogP contribution in [0.15, 0.2) is 24.3 Å². The van der Waals surface area contributed by atoms with E-state index in [4.69, 9.17) is 10.5 Å². The maximum Gasteiger partial charge on any atom is 0.257 e. The van der Waals surface area contributed by atoms with Gasteiger partial charge in [-0.25, -0.2) is 0 Å². The van der Waals surface area contributed by atoms with Crippen LogP contribution in [0, 0.1) is 0 Å². The van der Waals surface area contributed by atoms with E-state index in [-0.39, 0.29) is 24.3 Å². The van der Waals surface area contributed by atoms with Crippen molar-refractivity contribution in [3.8, 4) is 5.75 Å². The van der Waals surface area contributed by atoms with Gasteiger partial charge in [0.15, 0.2) is 12.4 Å². The highest BCUT2D eigenvalue weighted by atomic mass is 16.5. The van der Waals surface area contributed by atoms with Gasteiger partial charge in [0.2, 0.25) is 0 Å². The molecule has 5 nitrogen and oxygen atoms in total. The topological polar surface area (TPSA) is 81.4 Å². The molecule has 0 aliphatic heterocycles. The van der Waals surface area contributed by atoms with Crippen LogP contribution in [-0.2, 0) is 4.79 Å². The first kappa shape index (κ1) is 15.2. The Morgan fingerprint density at radius 2 is 2.16 bits per heavy atom. The molecule has 5 heteroatoms. The lowest BCUT2D eigenvalue weighted by atomic mass is 10.1. The Balaban J connectivity index is 2.37. The van der Waals surface area contributed by atoms with Gasteiger partial charge in [0.1, 0.15) is 5.75 Å². The summed E-state index contributed by atoms with van der Waals surface area (Å²) in [6.45, 7) is 3.84. The van der Waals surface area contributed by atoms with Crippen molar-refractivity contribution < 1.29 is 14.3 Å². The first-order valence-electron chi connectivity index (χ1n) is 6.25. The van der Waals surface area contributed by atoms with Gasteiger partial charge >= 0.3 is 0 Å². The molecule has 1 rings (SSSR count). The molecular weight excluding hydrogens is 244 g/mol. The van der Waals surface area contributed by atoms with Gasteiger partial charge in [-0.05, 0) is 32.4 Å². The summed E-state index contributed by atoms with van der Waals surface area (Å²) in [5.74, 6) is 0.274. The third-order valence-corrected chi connectivity index (χ3v) is 2.53. The zero-order chi connectivity index (χ0) is 14.3. The van der Waals surface area contributed by atoms with E-state index in [9.17, 15) is 9.59 Å². The predicted molar refractivity (Wildman–Crippen MR) is 73.2 cm³/mol. The fourth-order valence-electron chi connectivity index (χ4n) is 1.44. The maximum absolute atomic E-state index is 11.5.